The van der Waals surface area contributed by atoms with E-state index in [9.17, 15) is 0 Å². The standard InChI is InChI=1S/C17H23N3O2S/c1-13(22-15-7-5-14(21-2)6-8-15)12-20-17(18)19-10-9-16-4-3-11-23-16/h3-8,11,13H,9-10,12H2,1-2H3,(H3,18,19,20). The molecule has 1 aromatic heterocycles. The summed E-state index contributed by atoms with van der Waals surface area (Å²) >= 11 is 1.75. The molecule has 0 aliphatic carbocycles. The molecule has 5 nitrogen and oxygen atoms in total. The van der Waals surface area contributed by atoms with Crippen LogP contribution in [0.4, 0.5) is 0 Å². The molecule has 6 heteroatoms. The molecule has 1 atom stereocenters. The van der Waals surface area contributed by atoms with Crippen LogP contribution in [0.25, 0.3) is 0 Å². The summed E-state index contributed by atoms with van der Waals surface area (Å²) < 4.78 is 10.9. The Balaban J connectivity index is 1.69. The second kappa shape index (κ2) is 9.05. The summed E-state index contributed by atoms with van der Waals surface area (Å²) in [4.78, 5) is 5.64. The zero-order valence-corrected chi connectivity index (χ0v) is 14.3. The van der Waals surface area contributed by atoms with E-state index in [0.717, 1.165) is 24.5 Å². The average molecular weight is 333 g/mol. The van der Waals surface area contributed by atoms with Crippen LogP contribution >= 0.6 is 11.3 Å². The first-order valence-corrected chi connectivity index (χ1v) is 8.42. The van der Waals surface area contributed by atoms with Crippen molar-refractivity contribution in [1.82, 2.24) is 5.32 Å². The highest BCUT2D eigenvalue weighted by Gasteiger charge is 2.04. The minimum atomic E-state index is -0.0546. The van der Waals surface area contributed by atoms with Crippen LogP contribution in [0.3, 0.4) is 0 Å². The second-order valence-electron chi connectivity index (χ2n) is 5.09. The van der Waals surface area contributed by atoms with E-state index in [-0.39, 0.29) is 6.10 Å². The van der Waals surface area contributed by atoms with Crippen molar-refractivity contribution in [1.29, 1.82) is 0 Å². The number of nitrogens with two attached hydrogens (primary N) is 1. The maximum atomic E-state index is 5.86. The number of benzene rings is 1. The van der Waals surface area contributed by atoms with Crippen molar-refractivity contribution in [2.45, 2.75) is 19.4 Å². The van der Waals surface area contributed by atoms with Crippen molar-refractivity contribution in [2.24, 2.45) is 10.7 Å². The fourth-order valence-electron chi connectivity index (χ4n) is 1.98. The van der Waals surface area contributed by atoms with E-state index >= 15 is 0 Å². The molecule has 0 radical (unpaired) electrons. The summed E-state index contributed by atoms with van der Waals surface area (Å²) in [6.07, 6.45) is 0.896. The molecule has 0 spiro atoms. The Morgan fingerprint density at radius 3 is 2.65 bits per heavy atom. The predicted molar refractivity (Wildman–Crippen MR) is 95.6 cm³/mol. The van der Waals surface area contributed by atoms with Gasteiger partial charge in [0.25, 0.3) is 0 Å². The summed E-state index contributed by atoms with van der Waals surface area (Å²) in [6, 6.07) is 11.7. The third-order valence-corrected chi connectivity index (χ3v) is 4.11. The topological polar surface area (TPSA) is 68.9 Å². The minimum absolute atomic E-state index is 0.0546. The molecule has 1 aromatic carbocycles. The minimum Gasteiger partial charge on any atom is -0.497 e. The number of methoxy groups -OCH3 is 1. The van der Waals surface area contributed by atoms with Gasteiger partial charge >= 0.3 is 0 Å². The fraction of sp³-hybridized carbons (Fsp3) is 0.353. The lowest BCUT2D eigenvalue weighted by Gasteiger charge is -2.13. The van der Waals surface area contributed by atoms with Crippen LogP contribution in [0.15, 0.2) is 46.8 Å². The molecule has 0 saturated heterocycles. The Labute approximate surface area is 141 Å². The quantitative estimate of drug-likeness (QED) is 0.576. The van der Waals surface area contributed by atoms with Crippen LogP contribution in [-0.4, -0.2) is 32.3 Å². The summed E-state index contributed by atoms with van der Waals surface area (Å²) in [5, 5.41) is 5.19. The number of hydrogen-bond acceptors (Lipinski definition) is 4. The number of nitrogens with zero attached hydrogens (tertiary/aromatic N) is 1. The molecule has 23 heavy (non-hydrogen) atoms. The highest BCUT2D eigenvalue weighted by Crippen LogP contribution is 2.18. The molecule has 0 bridgehead atoms. The number of thiophene rings is 1. The number of hydrogen-bond donors (Lipinski definition) is 2. The van der Waals surface area contributed by atoms with Crippen molar-refractivity contribution in [2.75, 3.05) is 20.2 Å². The number of guanidine groups is 1. The lowest BCUT2D eigenvalue weighted by atomic mass is 10.3. The van der Waals surface area contributed by atoms with Crippen molar-refractivity contribution in [3.8, 4) is 11.5 Å². The van der Waals surface area contributed by atoms with Gasteiger partial charge in [-0.2, -0.15) is 0 Å². The number of nitrogens with one attached hydrogen (secondary N) is 1. The van der Waals surface area contributed by atoms with Gasteiger partial charge in [0.15, 0.2) is 5.96 Å². The smallest absolute Gasteiger partial charge is 0.188 e. The zero-order chi connectivity index (χ0) is 16.5. The Kier molecular flexibility index (Phi) is 6.75. The first kappa shape index (κ1) is 17.1. The van der Waals surface area contributed by atoms with Gasteiger partial charge in [-0.05, 0) is 49.1 Å². The second-order valence-corrected chi connectivity index (χ2v) is 6.12. The summed E-state index contributed by atoms with van der Waals surface area (Å²) in [5.74, 6) is 2.05. The van der Waals surface area contributed by atoms with E-state index in [1.165, 1.54) is 4.88 Å². The van der Waals surface area contributed by atoms with E-state index in [2.05, 4.69) is 27.8 Å². The summed E-state index contributed by atoms with van der Waals surface area (Å²) in [7, 11) is 1.64. The van der Waals surface area contributed by atoms with Gasteiger partial charge in [-0.3, -0.25) is 0 Å². The molecule has 2 rings (SSSR count). The van der Waals surface area contributed by atoms with Gasteiger partial charge in [0.05, 0.1) is 13.7 Å². The average Bonchev–Trinajstić information content (AvgIpc) is 3.07. The molecule has 124 valence electrons. The van der Waals surface area contributed by atoms with Gasteiger partial charge in [-0.15, -0.1) is 11.3 Å². The van der Waals surface area contributed by atoms with E-state index < -0.39 is 0 Å². The fourth-order valence-corrected chi connectivity index (χ4v) is 2.68. The van der Waals surface area contributed by atoms with Gasteiger partial charge in [0.1, 0.15) is 17.6 Å². The predicted octanol–water partition coefficient (Wildman–Crippen LogP) is 2.67. The Bertz CT molecular complexity index is 597. The Morgan fingerprint density at radius 1 is 1.26 bits per heavy atom. The highest BCUT2D eigenvalue weighted by molar-refractivity contribution is 7.09. The van der Waals surface area contributed by atoms with E-state index in [0.29, 0.717) is 12.5 Å². The number of rotatable bonds is 8. The molecule has 0 saturated carbocycles. The number of aliphatic imine (C=N–C) groups is 1. The molecular formula is C17H23N3O2S. The maximum absolute atomic E-state index is 5.86. The van der Waals surface area contributed by atoms with Gasteiger partial charge in [0.2, 0.25) is 0 Å². The molecule has 2 aromatic rings. The molecule has 3 N–H and O–H groups in total. The van der Waals surface area contributed by atoms with Crippen molar-refractivity contribution in [3.05, 3.63) is 46.7 Å². The SMILES string of the molecule is COc1ccc(OC(C)CN=C(N)NCCc2cccs2)cc1. The third kappa shape index (κ3) is 6.20. The zero-order valence-electron chi connectivity index (χ0n) is 13.5. The lowest BCUT2D eigenvalue weighted by Crippen LogP contribution is -2.34. The first-order valence-electron chi connectivity index (χ1n) is 7.54. The van der Waals surface area contributed by atoms with Crippen molar-refractivity contribution in [3.63, 3.8) is 0 Å². The highest BCUT2D eigenvalue weighted by atomic mass is 32.1. The van der Waals surface area contributed by atoms with Gasteiger partial charge < -0.3 is 20.5 Å². The van der Waals surface area contributed by atoms with Crippen LogP contribution < -0.4 is 20.5 Å². The Morgan fingerprint density at radius 2 is 2.00 bits per heavy atom. The van der Waals surface area contributed by atoms with Crippen LogP contribution in [0.5, 0.6) is 11.5 Å². The first-order chi connectivity index (χ1) is 11.2. The normalized spacial score (nSPS) is 12.7. The van der Waals surface area contributed by atoms with Gasteiger partial charge in [-0.25, -0.2) is 4.99 Å². The maximum Gasteiger partial charge on any atom is 0.188 e. The molecule has 1 unspecified atom stereocenters. The van der Waals surface area contributed by atoms with Gasteiger partial charge in [-0.1, -0.05) is 6.07 Å². The van der Waals surface area contributed by atoms with Crippen LogP contribution in [0.2, 0.25) is 0 Å². The van der Waals surface area contributed by atoms with E-state index in [1.54, 1.807) is 18.4 Å². The summed E-state index contributed by atoms with van der Waals surface area (Å²) in [6.45, 7) is 3.25. The largest absolute Gasteiger partial charge is 0.497 e. The monoisotopic (exact) mass is 333 g/mol. The van der Waals surface area contributed by atoms with Crippen LogP contribution in [0, 0.1) is 0 Å². The molecule has 0 fully saturated rings. The van der Waals surface area contributed by atoms with E-state index in [1.807, 2.05) is 31.2 Å². The van der Waals surface area contributed by atoms with Crippen LogP contribution in [-0.2, 0) is 6.42 Å². The Hall–Kier alpha value is -2.21. The van der Waals surface area contributed by atoms with Crippen molar-refractivity contribution < 1.29 is 9.47 Å². The molecule has 0 aliphatic rings. The third-order valence-electron chi connectivity index (χ3n) is 3.17. The van der Waals surface area contributed by atoms with Gasteiger partial charge in [0, 0.05) is 11.4 Å². The lowest BCUT2D eigenvalue weighted by molar-refractivity contribution is 0.230. The molecule has 1 heterocycles. The number of ether oxygens (including phenoxy) is 2. The van der Waals surface area contributed by atoms with E-state index in [4.69, 9.17) is 15.2 Å². The van der Waals surface area contributed by atoms with Crippen LogP contribution in [0.1, 0.15) is 11.8 Å². The molecular weight excluding hydrogens is 310 g/mol. The summed E-state index contributed by atoms with van der Waals surface area (Å²) in [5.41, 5.74) is 5.86. The molecule has 0 amide bonds. The van der Waals surface area contributed by atoms with Crippen molar-refractivity contribution >= 4 is 17.3 Å². The molecule has 0 aliphatic heterocycles.